The monoisotopic (exact) mass is 415 g/mol. The summed E-state index contributed by atoms with van der Waals surface area (Å²) in [5.41, 5.74) is 1.94. The highest BCUT2D eigenvalue weighted by atomic mass is 79.9. The van der Waals surface area contributed by atoms with Crippen molar-refractivity contribution >= 4 is 56.7 Å². The van der Waals surface area contributed by atoms with Gasteiger partial charge in [0.15, 0.2) is 0 Å². The highest BCUT2D eigenvalue weighted by Crippen LogP contribution is 2.25. The second kappa shape index (κ2) is 9.65. The zero-order valence-corrected chi connectivity index (χ0v) is 16.3. The lowest BCUT2D eigenvalue weighted by Gasteiger charge is -2.06. The number of rotatable bonds is 8. The molecule has 1 aromatic heterocycles. The van der Waals surface area contributed by atoms with Gasteiger partial charge in [0.25, 0.3) is 5.91 Å². The van der Waals surface area contributed by atoms with Gasteiger partial charge in [0.2, 0.25) is 0 Å². The molecule has 0 aliphatic heterocycles. The Morgan fingerprint density at radius 3 is 2.86 bits per heavy atom. The number of hydrogen-bond acceptors (Lipinski definition) is 4. The fourth-order valence-electron chi connectivity index (χ4n) is 1.91. The van der Waals surface area contributed by atoms with E-state index in [4.69, 9.17) is 0 Å². The summed E-state index contributed by atoms with van der Waals surface area (Å²) >= 11 is 8.83. The lowest BCUT2D eigenvalue weighted by Crippen LogP contribution is -2.25. The van der Waals surface area contributed by atoms with E-state index >= 15 is 0 Å². The number of carbonyl (C=O) groups excluding carboxylic acids is 1. The molecule has 22 heavy (non-hydrogen) atoms. The number of carbonyl (C=O) groups is 1. The lowest BCUT2D eigenvalue weighted by molar-refractivity contribution is 0.0956. The summed E-state index contributed by atoms with van der Waals surface area (Å²) in [5.74, 6) is 2.87. The molecule has 0 saturated carbocycles. The molecule has 2 aromatic rings. The smallest absolute Gasteiger partial charge is 0.251 e. The van der Waals surface area contributed by atoms with Crippen LogP contribution in [0.5, 0.6) is 0 Å². The van der Waals surface area contributed by atoms with E-state index in [0.29, 0.717) is 6.54 Å². The van der Waals surface area contributed by atoms with Gasteiger partial charge in [-0.25, -0.2) is 0 Å². The van der Waals surface area contributed by atoms with Crippen molar-refractivity contribution in [1.29, 1.82) is 0 Å². The number of halogens is 1. The van der Waals surface area contributed by atoms with E-state index in [1.54, 1.807) is 23.1 Å². The Kier molecular flexibility index (Phi) is 7.86. The molecule has 0 radical (unpaired) electrons. The van der Waals surface area contributed by atoms with Crippen molar-refractivity contribution in [2.75, 3.05) is 18.6 Å². The van der Waals surface area contributed by atoms with Crippen LogP contribution >= 0.6 is 50.8 Å². The fraction of sp³-hybridized carbons (Fsp3) is 0.312. The molecule has 2 nitrogen and oxygen atoms in total. The van der Waals surface area contributed by atoms with Gasteiger partial charge in [0, 0.05) is 34.2 Å². The molecule has 1 aromatic carbocycles. The Morgan fingerprint density at radius 2 is 2.14 bits per heavy atom. The minimum atomic E-state index is 0.0161. The topological polar surface area (TPSA) is 29.1 Å². The van der Waals surface area contributed by atoms with Crippen molar-refractivity contribution in [3.63, 3.8) is 0 Å². The van der Waals surface area contributed by atoms with Crippen LogP contribution in [0.2, 0.25) is 0 Å². The quantitative estimate of drug-likeness (QED) is 0.612. The number of hydrogen-bond donors (Lipinski definition) is 1. The van der Waals surface area contributed by atoms with Crippen LogP contribution in [0.15, 0.2) is 40.2 Å². The lowest BCUT2D eigenvalue weighted by atomic mass is 10.1. The van der Waals surface area contributed by atoms with Crippen LogP contribution in [-0.2, 0) is 11.5 Å². The van der Waals surface area contributed by atoms with E-state index in [1.165, 1.54) is 14.2 Å². The van der Waals surface area contributed by atoms with Crippen molar-refractivity contribution in [1.82, 2.24) is 5.32 Å². The average molecular weight is 416 g/mol. The third-order valence-electron chi connectivity index (χ3n) is 2.91. The summed E-state index contributed by atoms with van der Waals surface area (Å²) in [4.78, 5) is 13.5. The Hall–Kier alpha value is -0.430. The second-order valence-corrected chi connectivity index (χ2v) is 9.17. The normalized spacial score (nSPS) is 10.6. The third-order valence-corrected chi connectivity index (χ3v) is 6.34. The van der Waals surface area contributed by atoms with E-state index in [0.717, 1.165) is 22.8 Å². The first-order chi connectivity index (χ1) is 10.7. The Labute approximate surface area is 152 Å². The van der Waals surface area contributed by atoms with Crippen LogP contribution in [0.4, 0.5) is 0 Å². The first-order valence-electron chi connectivity index (χ1n) is 6.87. The number of thioether (sulfide) groups is 2. The van der Waals surface area contributed by atoms with Gasteiger partial charge < -0.3 is 5.32 Å². The summed E-state index contributed by atoms with van der Waals surface area (Å²) in [6, 6.07) is 12.1. The molecule has 1 amide bonds. The highest BCUT2D eigenvalue weighted by Gasteiger charge is 2.05. The summed E-state index contributed by atoms with van der Waals surface area (Å²) in [5, 5.41) is 2.99. The van der Waals surface area contributed by atoms with Gasteiger partial charge >= 0.3 is 0 Å². The van der Waals surface area contributed by atoms with Crippen LogP contribution in [0.1, 0.15) is 20.8 Å². The van der Waals surface area contributed by atoms with E-state index in [1.807, 2.05) is 30.0 Å². The Balaban J connectivity index is 1.70. The number of nitrogens with one attached hydrogen (secondary N) is 1. The van der Waals surface area contributed by atoms with Gasteiger partial charge in [-0.05, 0) is 52.0 Å². The molecule has 0 atom stereocenters. The van der Waals surface area contributed by atoms with Crippen LogP contribution in [0, 0.1) is 0 Å². The largest absolute Gasteiger partial charge is 0.351 e. The van der Waals surface area contributed by atoms with Crippen molar-refractivity contribution in [3.8, 4) is 0 Å². The van der Waals surface area contributed by atoms with Crippen LogP contribution in [-0.4, -0.2) is 24.5 Å². The van der Waals surface area contributed by atoms with E-state index in [2.05, 4.69) is 45.7 Å². The van der Waals surface area contributed by atoms with E-state index in [9.17, 15) is 4.79 Å². The summed E-state index contributed by atoms with van der Waals surface area (Å²) in [7, 11) is 0. The maximum atomic E-state index is 12.1. The first kappa shape index (κ1) is 17.9. The Bertz CT molecular complexity index is 615. The van der Waals surface area contributed by atoms with Gasteiger partial charge in [-0.1, -0.05) is 12.1 Å². The van der Waals surface area contributed by atoms with Crippen molar-refractivity contribution in [2.45, 2.75) is 11.5 Å². The average Bonchev–Trinajstić information content (AvgIpc) is 2.93. The number of benzene rings is 1. The predicted molar refractivity (Wildman–Crippen MR) is 104 cm³/mol. The van der Waals surface area contributed by atoms with E-state index in [-0.39, 0.29) is 5.91 Å². The molecule has 6 heteroatoms. The molecule has 0 bridgehead atoms. The molecule has 0 aliphatic carbocycles. The van der Waals surface area contributed by atoms with Crippen LogP contribution < -0.4 is 5.32 Å². The van der Waals surface area contributed by atoms with Crippen molar-refractivity contribution in [2.24, 2.45) is 0 Å². The summed E-state index contributed by atoms with van der Waals surface area (Å²) < 4.78 is 1.17. The molecule has 0 spiro atoms. The molecule has 2 rings (SSSR count). The maximum Gasteiger partial charge on any atom is 0.251 e. The van der Waals surface area contributed by atoms with Gasteiger partial charge in [-0.3, -0.25) is 4.79 Å². The number of amides is 1. The summed E-state index contributed by atoms with van der Waals surface area (Å²) in [6.07, 6.45) is 2.07. The van der Waals surface area contributed by atoms with Crippen molar-refractivity contribution < 1.29 is 4.79 Å². The second-order valence-electron chi connectivity index (χ2n) is 4.65. The molecule has 0 unspecified atom stereocenters. The van der Waals surface area contributed by atoms with Crippen molar-refractivity contribution in [3.05, 3.63) is 56.2 Å². The summed E-state index contributed by atoms with van der Waals surface area (Å²) in [6.45, 7) is 0.697. The van der Waals surface area contributed by atoms with Gasteiger partial charge in [-0.2, -0.15) is 23.5 Å². The number of thiophene rings is 1. The Morgan fingerprint density at radius 1 is 1.27 bits per heavy atom. The molecule has 118 valence electrons. The van der Waals surface area contributed by atoms with Crippen LogP contribution in [0.25, 0.3) is 0 Å². The SMILES string of the molecule is CSCc1cccc(C(=O)NCCSCc2ccc(Br)s2)c1. The zero-order chi connectivity index (χ0) is 15.8. The minimum Gasteiger partial charge on any atom is -0.351 e. The van der Waals surface area contributed by atoms with Gasteiger partial charge in [-0.15, -0.1) is 11.3 Å². The predicted octanol–water partition coefficient (Wildman–Crippen LogP) is 5.04. The molecular formula is C16H18BrNOS3. The third kappa shape index (κ3) is 5.99. The first-order valence-corrected chi connectivity index (χ1v) is 11.0. The minimum absolute atomic E-state index is 0.0161. The molecule has 1 heterocycles. The highest BCUT2D eigenvalue weighted by molar-refractivity contribution is 9.11. The standard InChI is InChI=1S/C16H18BrNOS3/c1-20-10-12-3-2-4-13(9-12)16(19)18-7-8-21-11-14-5-6-15(17)22-14/h2-6,9H,7-8,10-11H2,1H3,(H,18,19). The van der Waals surface area contributed by atoms with E-state index < -0.39 is 0 Å². The van der Waals surface area contributed by atoms with Crippen LogP contribution in [0.3, 0.4) is 0 Å². The van der Waals surface area contributed by atoms with Gasteiger partial charge in [0.1, 0.15) is 0 Å². The molecule has 1 N–H and O–H groups in total. The molecule has 0 saturated heterocycles. The molecule has 0 fully saturated rings. The molecule has 0 aliphatic rings. The molecular weight excluding hydrogens is 398 g/mol. The zero-order valence-electron chi connectivity index (χ0n) is 12.3. The maximum absolute atomic E-state index is 12.1. The fourth-order valence-corrected chi connectivity index (χ4v) is 4.88. The van der Waals surface area contributed by atoms with Gasteiger partial charge in [0.05, 0.1) is 3.79 Å².